The quantitative estimate of drug-likeness (QED) is 0.727. The Morgan fingerprint density at radius 2 is 2.11 bits per heavy atom. The minimum Gasteiger partial charge on any atom is -0.491 e. The van der Waals surface area contributed by atoms with E-state index in [0.29, 0.717) is 6.61 Å². The van der Waals surface area contributed by atoms with Gasteiger partial charge < -0.3 is 9.30 Å². The summed E-state index contributed by atoms with van der Waals surface area (Å²) in [5, 5.41) is -0.0991. The molecule has 104 valence electrons. The highest BCUT2D eigenvalue weighted by Crippen LogP contribution is 2.30. The Morgan fingerprint density at radius 1 is 1.32 bits per heavy atom. The molecule has 1 atom stereocenters. The Kier molecular flexibility index (Phi) is 4.70. The molecule has 2 rings (SSSR count). The Bertz CT molecular complexity index is 548. The van der Waals surface area contributed by atoms with Crippen molar-refractivity contribution in [3.63, 3.8) is 0 Å². The largest absolute Gasteiger partial charge is 0.491 e. The zero-order valence-electron chi connectivity index (χ0n) is 11.8. The molecule has 0 saturated carbocycles. The lowest BCUT2D eigenvalue weighted by molar-refractivity contribution is 0.320. The van der Waals surface area contributed by atoms with Gasteiger partial charge in [-0.05, 0) is 31.9 Å². The summed E-state index contributed by atoms with van der Waals surface area (Å²) >= 11 is 6.25. The maximum atomic E-state index is 6.25. The minimum atomic E-state index is -0.0991. The maximum Gasteiger partial charge on any atom is 0.147 e. The summed E-state index contributed by atoms with van der Waals surface area (Å²) in [5.74, 6) is 1.78. The summed E-state index contributed by atoms with van der Waals surface area (Å²) in [6.45, 7) is 7.86. The second-order valence-electron chi connectivity index (χ2n) is 4.71. The number of ether oxygens (including phenoxy) is 1. The van der Waals surface area contributed by atoms with Crippen LogP contribution < -0.4 is 4.74 Å². The predicted molar refractivity (Wildman–Crippen MR) is 80.1 cm³/mol. The first-order chi connectivity index (χ1) is 9.19. The molecular formula is C15H21ClN2O. The van der Waals surface area contributed by atoms with Gasteiger partial charge >= 0.3 is 0 Å². The lowest BCUT2D eigenvalue weighted by Crippen LogP contribution is -2.03. The second-order valence-corrected chi connectivity index (χ2v) is 5.36. The normalized spacial score (nSPS) is 12.8. The Hall–Kier alpha value is -1.22. The van der Waals surface area contributed by atoms with Crippen LogP contribution in [0.15, 0.2) is 18.2 Å². The number of nitrogens with zero attached hydrogens (tertiary/aromatic N) is 2. The fraction of sp³-hybridized carbons (Fsp3) is 0.533. The fourth-order valence-electron chi connectivity index (χ4n) is 2.23. The van der Waals surface area contributed by atoms with Gasteiger partial charge in [-0.1, -0.05) is 19.9 Å². The van der Waals surface area contributed by atoms with E-state index < -0.39 is 0 Å². The van der Waals surface area contributed by atoms with Gasteiger partial charge in [0.2, 0.25) is 0 Å². The lowest BCUT2D eigenvalue weighted by Gasteiger charge is -2.09. The minimum absolute atomic E-state index is 0.0991. The molecule has 0 aliphatic carbocycles. The molecular weight excluding hydrogens is 260 g/mol. The number of hydrogen-bond acceptors (Lipinski definition) is 2. The molecule has 0 radical (unpaired) electrons. The highest BCUT2D eigenvalue weighted by atomic mass is 35.5. The Balaban J connectivity index is 2.54. The molecule has 0 aliphatic heterocycles. The summed E-state index contributed by atoms with van der Waals surface area (Å²) < 4.78 is 7.98. The van der Waals surface area contributed by atoms with E-state index in [1.807, 2.05) is 19.1 Å². The van der Waals surface area contributed by atoms with Crippen molar-refractivity contribution in [2.45, 2.75) is 45.5 Å². The van der Waals surface area contributed by atoms with Crippen LogP contribution in [0.25, 0.3) is 11.0 Å². The molecule has 0 saturated heterocycles. The van der Waals surface area contributed by atoms with Gasteiger partial charge in [-0.15, -0.1) is 11.6 Å². The summed E-state index contributed by atoms with van der Waals surface area (Å²) in [5.41, 5.74) is 2.03. The van der Waals surface area contributed by atoms with Gasteiger partial charge in [-0.2, -0.15) is 0 Å². The van der Waals surface area contributed by atoms with Crippen LogP contribution >= 0.6 is 11.6 Å². The lowest BCUT2D eigenvalue weighted by atomic mass is 10.3. The Morgan fingerprint density at radius 3 is 2.74 bits per heavy atom. The van der Waals surface area contributed by atoms with E-state index in [1.54, 1.807) is 0 Å². The smallest absolute Gasteiger partial charge is 0.147 e. The van der Waals surface area contributed by atoms with E-state index in [9.17, 15) is 0 Å². The van der Waals surface area contributed by atoms with Gasteiger partial charge in [0.25, 0.3) is 0 Å². The average Bonchev–Trinajstić information content (AvgIpc) is 2.77. The molecule has 4 heteroatoms. The van der Waals surface area contributed by atoms with Crippen LogP contribution in [0.4, 0.5) is 0 Å². The molecule has 0 bridgehead atoms. The van der Waals surface area contributed by atoms with Crippen molar-refractivity contribution in [1.82, 2.24) is 9.55 Å². The number of aryl methyl sites for hydroxylation is 1. The van der Waals surface area contributed by atoms with Gasteiger partial charge in [0.15, 0.2) is 0 Å². The van der Waals surface area contributed by atoms with E-state index in [1.165, 1.54) is 0 Å². The second kappa shape index (κ2) is 6.29. The van der Waals surface area contributed by atoms with Crippen LogP contribution in [0, 0.1) is 0 Å². The monoisotopic (exact) mass is 280 g/mol. The van der Waals surface area contributed by atoms with Crippen LogP contribution in [0.5, 0.6) is 5.75 Å². The third kappa shape index (κ3) is 2.86. The highest BCUT2D eigenvalue weighted by molar-refractivity contribution is 6.20. The number of benzene rings is 1. The number of halogens is 1. The zero-order chi connectivity index (χ0) is 13.8. The summed E-state index contributed by atoms with van der Waals surface area (Å²) in [6, 6.07) is 6.08. The first-order valence-electron chi connectivity index (χ1n) is 6.95. The molecule has 0 amide bonds. The number of hydrogen-bond donors (Lipinski definition) is 0. The van der Waals surface area contributed by atoms with Crippen LogP contribution in [0.1, 0.15) is 44.8 Å². The van der Waals surface area contributed by atoms with Crippen molar-refractivity contribution in [3.05, 3.63) is 24.0 Å². The number of rotatable bonds is 6. The molecule has 0 N–H and O–H groups in total. The molecule has 1 aromatic heterocycles. The van der Waals surface area contributed by atoms with Gasteiger partial charge in [-0.3, -0.25) is 0 Å². The van der Waals surface area contributed by atoms with Gasteiger partial charge in [0.1, 0.15) is 17.1 Å². The molecule has 1 unspecified atom stereocenters. The summed E-state index contributed by atoms with van der Waals surface area (Å²) in [7, 11) is 0. The average molecular weight is 281 g/mol. The Labute approximate surface area is 119 Å². The third-order valence-corrected chi connectivity index (χ3v) is 3.23. The molecule has 0 aliphatic rings. The van der Waals surface area contributed by atoms with Crippen LogP contribution in [0.2, 0.25) is 0 Å². The van der Waals surface area contributed by atoms with Gasteiger partial charge in [0, 0.05) is 6.54 Å². The first-order valence-corrected chi connectivity index (χ1v) is 7.38. The van der Waals surface area contributed by atoms with Crippen LogP contribution in [-0.4, -0.2) is 16.2 Å². The zero-order valence-corrected chi connectivity index (χ0v) is 12.6. The highest BCUT2D eigenvalue weighted by Gasteiger charge is 2.16. The van der Waals surface area contributed by atoms with Gasteiger partial charge in [0.05, 0.1) is 17.5 Å². The molecule has 3 nitrogen and oxygen atoms in total. The van der Waals surface area contributed by atoms with E-state index in [2.05, 4.69) is 29.5 Å². The molecule has 1 aromatic carbocycles. The molecule has 1 heterocycles. The van der Waals surface area contributed by atoms with Crippen molar-refractivity contribution in [1.29, 1.82) is 0 Å². The molecule has 2 aromatic rings. The van der Waals surface area contributed by atoms with Crippen LogP contribution in [0.3, 0.4) is 0 Å². The van der Waals surface area contributed by atoms with Crippen molar-refractivity contribution in [2.24, 2.45) is 0 Å². The van der Waals surface area contributed by atoms with Crippen molar-refractivity contribution < 1.29 is 4.74 Å². The standard InChI is InChI=1S/C15H21ClN2O/c1-4-9-18-12-7-6-8-13(19-10-5-2)14(12)17-15(18)11(3)16/h6-8,11H,4-5,9-10H2,1-3H3. The van der Waals surface area contributed by atoms with Crippen LogP contribution in [-0.2, 0) is 6.54 Å². The van der Waals surface area contributed by atoms with Crippen molar-refractivity contribution in [2.75, 3.05) is 6.61 Å². The number of alkyl halides is 1. The van der Waals surface area contributed by atoms with E-state index >= 15 is 0 Å². The van der Waals surface area contributed by atoms with E-state index in [4.69, 9.17) is 16.3 Å². The SMILES string of the molecule is CCCOc1cccc2c1nc(C(C)Cl)n2CCC. The fourth-order valence-corrected chi connectivity index (χ4v) is 2.40. The molecule has 19 heavy (non-hydrogen) atoms. The third-order valence-electron chi connectivity index (χ3n) is 3.04. The van der Waals surface area contributed by atoms with Gasteiger partial charge in [-0.25, -0.2) is 4.98 Å². The predicted octanol–water partition coefficient (Wildman–Crippen LogP) is 4.53. The first kappa shape index (κ1) is 14.2. The number of aromatic nitrogens is 2. The van der Waals surface area contributed by atoms with Crippen molar-refractivity contribution in [3.8, 4) is 5.75 Å². The van der Waals surface area contributed by atoms with Crippen molar-refractivity contribution >= 4 is 22.6 Å². The van der Waals surface area contributed by atoms with E-state index in [0.717, 1.165) is 42.0 Å². The summed E-state index contributed by atoms with van der Waals surface area (Å²) in [4.78, 5) is 4.69. The topological polar surface area (TPSA) is 27.1 Å². The maximum absolute atomic E-state index is 6.25. The summed E-state index contributed by atoms with van der Waals surface area (Å²) in [6.07, 6.45) is 2.05. The molecule has 0 fully saturated rings. The number of imidazole rings is 1. The number of para-hydroxylation sites is 1. The molecule has 0 spiro atoms. The van der Waals surface area contributed by atoms with E-state index in [-0.39, 0.29) is 5.38 Å². The number of fused-ring (bicyclic) bond motifs is 1.